The Hall–Kier alpha value is -1.40. The van der Waals surface area contributed by atoms with E-state index in [2.05, 4.69) is 19.7 Å². The van der Waals surface area contributed by atoms with E-state index in [0.717, 1.165) is 28.1 Å². The summed E-state index contributed by atoms with van der Waals surface area (Å²) in [5.74, 6) is 1.71. The summed E-state index contributed by atoms with van der Waals surface area (Å²) in [6.45, 7) is 2.46. The normalized spacial score (nSPS) is 14.8. The van der Waals surface area contributed by atoms with E-state index in [1.54, 1.807) is 11.8 Å². The van der Waals surface area contributed by atoms with Crippen LogP contribution < -0.4 is 5.73 Å². The van der Waals surface area contributed by atoms with Crippen molar-refractivity contribution in [3.8, 4) is 0 Å². The van der Waals surface area contributed by atoms with Crippen LogP contribution in [0.2, 0.25) is 0 Å². The van der Waals surface area contributed by atoms with Crippen LogP contribution in [0, 0.1) is 6.92 Å². The van der Waals surface area contributed by atoms with Crippen LogP contribution in [0.25, 0.3) is 0 Å². The summed E-state index contributed by atoms with van der Waals surface area (Å²) in [5.41, 5.74) is 7.83. The first-order valence-corrected chi connectivity index (χ1v) is 7.45. The van der Waals surface area contributed by atoms with Crippen molar-refractivity contribution in [1.29, 1.82) is 0 Å². The van der Waals surface area contributed by atoms with Crippen molar-refractivity contribution < 1.29 is 0 Å². The van der Waals surface area contributed by atoms with Gasteiger partial charge < -0.3 is 10.3 Å². The largest absolute Gasteiger partial charge is 0.324 e. The van der Waals surface area contributed by atoms with E-state index in [1.165, 1.54) is 12.8 Å². The Kier molecular flexibility index (Phi) is 3.52. The quantitative estimate of drug-likeness (QED) is 0.846. The molecule has 0 aliphatic heterocycles. The number of hydrogen-bond donors (Lipinski definition) is 1. The minimum Gasteiger partial charge on any atom is -0.324 e. The Bertz CT molecular complexity index is 576. The third-order valence-electron chi connectivity index (χ3n) is 3.12. The number of aryl methyl sites for hydroxylation is 1. The fraction of sp³-hybridized carbons (Fsp3) is 0.462. The molecule has 2 aromatic rings. The highest BCUT2D eigenvalue weighted by Crippen LogP contribution is 2.39. The molecule has 0 spiro atoms. The lowest BCUT2D eigenvalue weighted by Gasteiger charge is -2.07. The molecule has 3 rings (SSSR count). The molecule has 0 radical (unpaired) electrons. The standard InChI is InChI=1S/C13H17N5S/c1-9-3-2-4-10(15-9)8-19-13-17-16-12(7-14)18(13)11-5-6-11/h2-4,11H,5-8,14H2,1H3. The van der Waals surface area contributed by atoms with Gasteiger partial charge in [0.15, 0.2) is 5.16 Å². The van der Waals surface area contributed by atoms with Gasteiger partial charge in [0.25, 0.3) is 0 Å². The molecule has 1 saturated carbocycles. The number of thioether (sulfide) groups is 1. The topological polar surface area (TPSA) is 69.6 Å². The van der Waals surface area contributed by atoms with Crippen molar-refractivity contribution in [2.75, 3.05) is 0 Å². The monoisotopic (exact) mass is 275 g/mol. The number of pyridine rings is 1. The second kappa shape index (κ2) is 5.30. The number of rotatable bonds is 5. The van der Waals surface area contributed by atoms with E-state index in [1.807, 2.05) is 25.1 Å². The highest BCUT2D eigenvalue weighted by molar-refractivity contribution is 7.98. The minimum absolute atomic E-state index is 0.451. The average molecular weight is 275 g/mol. The molecule has 0 aromatic carbocycles. The third kappa shape index (κ3) is 2.79. The molecule has 2 N–H and O–H groups in total. The molecule has 19 heavy (non-hydrogen) atoms. The van der Waals surface area contributed by atoms with Crippen LogP contribution in [0.5, 0.6) is 0 Å². The Morgan fingerprint density at radius 1 is 1.37 bits per heavy atom. The van der Waals surface area contributed by atoms with Crippen molar-refractivity contribution in [1.82, 2.24) is 19.7 Å². The van der Waals surface area contributed by atoms with Gasteiger partial charge in [0.1, 0.15) is 5.82 Å². The molecule has 0 atom stereocenters. The van der Waals surface area contributed by atoms with Gasteiger partial charge in [-0.1, -0.05) is 17.8 Å². The fourth-order valence-corrected chi connectivity index (χ4v) is 2.99. The van der Waals surface area contributed by atoms with Crippen LogP contribution in [-0.2, 0) is 12.3 Å². The third-order valence-corrected chi connectivity index (χ3v) is 4.10. The zero-order valence-electron chi connectivity index (χ0n) is 10.9. The summed E-state index contributed by atoms with van der Waals surface area (Å²) < 4.78 is 2.19. The van der Waals surface area contributed by atoms with E-state index in [4.69, 9.17) is 5.73 Å². The molecule has 2 heterocycles. The predicted molar refractivity (Wildman–Crippen MR) is 74.7 cm³/mol. The Morgan fingerprint density at radius 3 is 2.89 bits per heavy atom. The van der Waals surface area contributed by atoms with Crippen molar-refractivity contribution in [3.05, 3.63) is 35.4 Å². The summed E-state index contributed by atoms with van der Waals surface area (Å²) in [6.07, 6.45) is 2.42. The molecule has 0 bridgehead atoms. The van der Waals surface area contributed by atoms with E-state index in [0.29, 0.717) is 12.6 Å². The van der Waals surface area contributed by atoms with Crippen LogP contribution in [-0.4, -0.2) is 19.7 Å². The molecular weight excluding hydrogens is 258 g/mol. The molecule has 0 unspecified atom stereocenters. The molecular formula is C13H17N5S. The number of nitrogens with zero attached hydrogens (tertiary/aromatic N) is 4. The molecule has 100 valence electrons. The van der Waals surface area contributed by atoms with Crippen molar-refractivity contribution in [2.45, 2.75) is 43.3 Å². The van der Waals surface area contributed by atoms with Gasteiger partial charge in [-0.2, -0.15) is 0 Å². The van der Waals surface area contributed by atoms with E-state index in [9.17, 15) is 0 Å². The predicted octanol–water partition coefficient (Wildman–Crippen LogP) is 2.07. The van der Waals surface area contributed by atoms with Gasteiger partial charge in [-0.25, -0.2) is 0 Å². The summed E-state index contributed by atoms with van der Waals surface area (Å²) >= 11 is 1.68. The maximum Gasteiger partial charge on any atom is 0.191 e. The lowest BCUT2D eigenvalue weighted by molar-refractivity contribution is 0.626. The average Bonchev–Trinajstić information content (AvgIpc) is 3.17. The van der Waals surface area contributed by atoms with Crippen LogP contribution in [0.4, 0.5) is 0 Å². The zero-order valence-corrected chi connectivity index (χ0v) is 11.7. The first-order chi connectivity index (χ1) is 9.28. The Balaban J connectivity index is 1.75. The fourth-order valence-electron chi connectivity index (χ4n) is 2.06. The van der Waals surface area contributed by atoms with Gasteiger partial charge in [-0.3, -0.25) is 4.98 Å². The van der Waals surface area contributed by atoms with Gasteiger partial charge in [-0.05, 0) is 31.9 Å². The molecule has 1 aliphatic rings. The van der Waals surface area contributed by atoms with Gasteiger partial charge in [-0.15, -0.1) is 10.2 Å². The van der Waals surface area contributed by atoms with Gasteiger partial charge >= 0.3 is 0 Å². The maximum atomic E-state index is 5.71. The second-order valence-electron chi connectivity index (χ2n) is 4.76. The summed E-state index contributed by atoms with van der Waals surface area (Å²) in [4.78, 5) is 4.50. The summed E-state index contributed by atoms with van der Waals surface area (Å²) in [6, 6.07) is 6.64. The number of nitrogens with two attached hydrogens (primary N) is 1. The van der Waals surface area contributed by atoms with Gasteiger partial charge in [0, 0.05) is 17.5 Å². The molecule has 2 aromatic heterocycles. The Morgan fingerprint density at radius 2 is 2.21 bits per heavy atom. The molecule has 1 fully saturated rings. The minimum atomic E-state index is 0.451. The molecule has 5 nitrogen and oxygen atoms in total. The van der Waals surface area contributed by atoms with Crippen molar-refractivity contribution >= 4 is 11.8 Å². The van der Waals surface area contributed by atoms with E-state index < -0.39 is 0 Å². The lowest BCUT2D eigenvalue weighted by atomic mass is 10.3. The van der Waals surface area contributed by atoms with Crippen LogP contribution in [0.3, 0.4) is 0 Å². The SMILES string of the molecule is Cc1cccc(CSc2nnc(CN)n2C2CC2)n1. The molecule has 0 saturated heterocycles. The number of aromatic nitrogens is 4. The zero-order chi connectivity index (χ0) is 13.2. The summed E-state index contributed by atoms with van der Waals surface area (Å²) in [5, 5.41) is 9.39. The van der Waals surface area contributed by atoms with E-state index >= 15 is 0 Å². The molecule has 0 amide bonds. The van der Waals surface area contributed by atoms with Gasteiger partial charge in [0.2, 0.25) is 0 Å². The number of hydrogen-bond acceptors (Lipinski definition) is 5. The summed E-state index contributed by atoms with van der Waals surface area (Å²) in [7, 11) is 0. The van der Waals surface area contributed by atoms with Crippen LogP contribution >= 0.6 is 11.8 Å². The van der Waals surface area contributed by atoms with Crippen LogP contribution in [0.15, 0.2) is 23.4 Å². The molecule has 1 aliphatic carbocycles. The highest BCUT2D eigenvalue weighted by Gasteiger charge is 2.29. The highest BCUT2D eigenvalue weighted by atomic mass is 32.2. The van der Waals surface area contributed by atoms with Gasteiger partial charge in [0.05, 0.1) is 12.2 Å². The van der Waals surface area contributed by atoms with Crippen LogP contribution in [0.1, 0.15) is 36.1 Å². The van der Waals surface area contributed by atoms with E-state index in [-0.39, 0.29) is 0 Å². The van der Waals surface area contributed by atoms with Crippen molar-refractivity contribution in [2.24, 2.45) is 5.73 Å². The van der Waals surface area contributed by atoms with Crippen molar-refractivity contribution in [3.63, 3.8) is 0 Å². The Labute approximate surface area is 116 Å². The lowest BCUT2D eigenvalue weighted by Crippen LogP contribution is -2.08. The first kappa shape index (κ1) is 12.6. The first-order valence-electron chi connectivity index (χ1n) is 6.47. The second-order valence-corrected chi connectivity index (χ2v) is 5.71. The smallest absolute Gasteiger partial charge is 0.191 e. The molecule has 6 heteroatoms. The maximum absolute atomic E-state index is 5.71.